The summed E-state index contributed by atoms with van der Waals surface area (Å²) in [5.41, 5.74) is 1.95. The van der Waals surface area contributed by atoms with E-state index < -0.39 is 0 Å². The third-order valence-electron chi connectivity index (χ3n) is 5.60. The second kappa shape index (κ2) is 11.6. The van der Waals surface area contributed by atoms with Gasteiger partial charge >= 0.3 is 0 Å². The highest BCUT2D eigenvalue weighted by Gasteiger charge is 2.14. The highest BCUT2D eigenvalue weighted by Crippen LogP contribution is 2.38. The van der Waals surface area contributed by atoms with Crippen molar-refractivity contribution in [3.8, 4) is 28.7 Å². The van der Waals surface area contributed by atoms with E-state index in [1.165, 1.54) is 0 Å². The van der Waals surface area contributed by atoms with E-state index in [0.29, 0.717) is 23.9 Å². The van der Waals surface area contributed by atoms with Gasteiger partial charge in [-0.15, -0.1) is 0 Å². The van der Waals surface area contributed by atoms with Crippen molar-refractivity contribution < 1.29 is 23.7 Å². The van der Waals surface area contributed by atoms with Crippen molar-refractivity contribution in [2.75, 3.05) is 74.8 Å². The van der Waals surface area contributed by atoms with Gasteiger partial charge in [0.15, 0.2) is 23.0 Å². The molecule has 2 aromatic rings. The molecule has 174 valence electrons. The van der Waals surface area contributed by atoms with Crippen LogP contribution in [0.15, 0.2) is 30.3 Å². The zero-order valence-electron chi connectivity index (χ0n) is 19.7. The molecule has 0 atom stereocenters. The summed E-state index contributed by atoms with van der Waals surface area (Å²) in [6.07, 6.45) is 4.02. The first-order valence-electron chi connectivity index (χ1n) is 10.8. The number of ether oxygens (including phenoxy) is 5. The summed E-state index contributed by atoms with van der Waals surface area (Å²) in [6, 6.07) is 9.75. The van der Waals surface area contributed by atoms with Gasteiger partial charge in [0.2, 0.25) is 5.75 Å². The predicted molar refractivity (Wildman–Crippen MR) is 127 cm³/mol. The maximum atomic E-state index is 6.08. The summed E-state index contributed by atoms with van der Waals surface area (Å²) < 4.78 is 27.8. The Morgan fingerprint density at radius 3 is 1.91 bits per heavy atom. The molecule has 1 fully saturated rings. The molecule has 7 nitrogen and oxygen atoms in total. The van der Waals surface area contributed by atoms with Crippen LogP contribution in [-0.4, -0.2) is 84.6 Å². The molecule has 0 aromatic heterocycles. The van der Waals surface area contributed by atoms with Crippen molar-refractivity contribution in [3.05, 3.63) is 41.5 Å². The van der Waals surface area contributed by atoms with Crippen LogP contribution in [0.4, 0.5) is 0 Å². The molecule has 2 aromatic carbocycles. The maximum Gasteiger partial charge on any atom is 0.203 e. The molecule has 0 radical (unpaired) electrons. The summed E-state index contributed by atoms with van der Waals surface area (Å²) in [5, 5.41) is 0. The van der Waals surface area contributed by atoms with E-state index >= 15 is 0 Å². The number of hydrogen-bond donors (Lipinski definition) is 0. The fourth-order valence-electron chi connectivity index (χ4n) is 3.66. The van der Waals surface area contributed by atoms with Crippen LogP contribution < -0.4 is 23.7 Å². The fourth-order valence-corrected chi connectivity index (χ4v) is 3.66. The minimum Gasteiger partial charge on any atom is -0.493 e. The van der Waals surface area contributed by atoms with E-state index in [-0.39, 0.29) is 0 Å². The van der Waals surface area contributed by atoms with E-state index in [9.17, 15) is 0 Å². The maximum absolute atomic E-state index is 6.08. The Morgan fingerprint density at radius 1 is 0.719 bits per heavy atom. The quantitative estimate of drug-likeness (QED) is 0.522. The number of piperazine rings is 1. The van der Waals surface area contributed by atoms with E-state index in [2.05, 4.69) is 16.8 Å². The second-order valence-electron chi connectivity index (χ2n) is 7.70. The van der Waals surface area contributed by atoms with Crippen molar-refractivity contribution in [3.63, 3.8) is 0 Å². The first-order chi connectivity index (χ1) is 15.6. The summed E-state index contributed by atoms with van der Waals surface area (Å²) in [5.74, 6) is 3.29. The van der Waals surface area contributed by atoms with E-state index in [1.54, 1.807) is 28.4 Å². The SMILES string of the molecule is COc1ccc(/C=C\c2cc(OC)c(OC)c(OC)c2)cc1OCCN1CCN(C)CC1. The molecule has 3 rings (SSSR count). The van der Waals surface area contributed by atoms with Gasteiger partial charge < -0.3 is 28.6 Å². The average Bonchev–Trinajstić information content (AvgIpc) is 2.83. The van der Waals surface area contributed by atoms with Crippen LogP contribution in [0, 0.1) is 0 Å². The monoisotopic (exact) mass is 442 g/mol. The highest BCUT2D eigenvalue weighted by atomic mass is 16.5. The minimum atomic E-state index is 0.577. The number of likely N-dealkylation sites (N-methyl/N-ethyl adjacent to an activating group) is 1. The Bertz CT molecular complexity index is 882. The van der Waals surface area contributed by atoms with Gasteiger partial charge in [0, 0.05) is 32.7 Å². The van der Waals surface area contributed by atoms with Gasteiger partial charge in [-0.05, 0) is 42.4 Å². The molecule has 32 heavy (non-hydrogen) atoms. The number of hydrogen-bond acceptors (Lipinski definition) is 7. The smallest absolute Gasteiger partial charge is 0.203 e. The number of rotatable bonds is 10. The largest absolute Gasteiger partial charge is 0.493 e. The molecular formula is C25H34N2O5. The summed E-state index contributed by atoms with van der Waals surface area (Å²) in [6.45, 7) is 5.89. The van der Waals surface area contributed by atoms with Gasteiger partial charge in [-0.2, -0.15) is 0 Å². The van der Waals surface area contributed by atoms with Crippen LogP contribution in [0.2, 0.25) is 0 Å². The van der Waals surface area contributed by atoms with E-state index in [4.69, 9.17) is 23.7 Å². The number of benzene rings is 2. The third-order valence-corrected chi connectivity index (χ3v) is 5.60. The van der Waals surface area contributed by atoms with Gasteiger partial charge in [-0.3, -0.25) is 4.90 Å². The lowest BCUT2D eigenvalue weighted by molar-refractivity contribution is 0.133. The Hall–Kier alpha value is -2.90. The third kappa shape index (κ3) is 6.08. The molecular weight excluding hydrogens is 408 g/mol. The van der Waals surface area contributed by atoms with Crippen LogP contribution in [0.1, 0.15) is 11.1 Å². The molecule has 0 saturated carbocycles. The van der Waals surface area contributed by atoms with Crippen LogP contribution in [0.5, 0.6) is 28.7 Å². The zero-order chi connectivity index (χ0) is 22.9. The average molecular weight is 443 g/mol. The molecule has 1 saturated heterocycles. The predicted octanol–water partition coefficient (Wildman–Crippen LogP) is 3.52. The van der Waals surface area contributed by atoms with Crippen molar-refractivity contribution in [1.82, 2.24) is 9.80 Å². The molecule has 0 bridgehead atoms. The van der Waals surface area contributed by atoms with Gasteiger partial charge in [0.1, 0.15) is 6.61 Å². The van der Waals surface area contributed by atoms with Crippen molar-refractivity contribution in [1.29, 1.82) is 0 Å². The first-order valence-corrected chi connectivity index (χ1v) is 10.8. The topological polar surface area (TPSA) is 52.6 Å². The van der Waals surface area contributed by atoms with Crippen molar-refractivity contribution in [2.45, 2.75) is 0 Å². The van der Waals surface area contributed by atoms with Crippen LogP contribution >= 0.6 is 0 Å². The normalized spacial score (nSPS) is 15.0. The summed E-state index contributed by atoms with van der Waals surface area (Å²) in [4.78, 5) is 4.78. The Balaban J connectivity index is 1.70. The zero-order valence-corrected chi connectivity index (χ0v) is 19.7. The standard InChI is InChI=1S/C25H34N2O5/c1-26-10-12-27(13-11-26)14-15-32-22-16-19(8-9-21(22)28-2)6-7-20-17-23(29-3)25(31-5)24(18-20)30-4/h6-9,16-18H,10-15H2,1-5H3/b7-6-. The molecule has 0 aliphatic carbocycles. The molecule has 0 unspecified atom stereocenters. The summed E-state index contributed by atoms with van der Waals surface area (Å²) >= 11 is 0. The first kappa shape index (κ1) is 23.8. The van der Waals surface area contributed by atoms with Crippen LogP contribution in [0.3, 0.4) is 0 Å². The molecule has 0 N–H and O–H groups in total. The van der Waals surface area contributed by atoms with E-state index in [1.807, 2.05) is 42.5 Å². The fraction of sp³-hybridized carbons (Fsp3) is 0.440. The van der Waals surface area contributed by atoms with Crippen molar-refractivity contribution in [2.24, 2.45) is 0 Å². The Labute approximate surface area is 191 Å². The second-order valence-corrected chi connectivity index (χ2v) is 7.70. The Kier molecular flexibility index (Phi) is 8.64. The van der Waals surface area contributed by atoms with E-state index in [0.717, 1.165) is 55.3 Å². The lowest BCUT2D eigenvalue weighted by atomic mass is 10.1. The summed E-state index contributed by atoms with van der Waals surface area (Å²) in [7, 11) is 8.64. The van der Waals surface area contributed by atoms with Gasteiger partial charge in [-0.25, -0.2) is 0 Å². The highest BCUT2D eigenvalue weighted by molar-refractivity contribution is 5.73. The van der Waals surface area contributed by atoms with Crippen LogP contribution in [-0.2, 0) is 0 Å². The lowest BCUT2D eigenvalue weighted by Crippen LogP contribution is -2.45. The number of nitrogens with zero attached hydrogens (tertiary/aromatic N) is 2. The molecule has 0 amide bonds. The van der Waals surface area contributed by atoms with Crippen molar-refractivity contribution >= 4 is 12.2 Å². The lowest BCUT2D eigenvalue weighted by Gasteiger charge is -2.32. The molecule has 1 aliphatic rings. The van der Waals surface area contributed by atoms with Gasteiger partial charge in [0.25, 0.3) is 0 Å². The molecule has 7 heteroatoms. The molecule has 1 aliphatic heterocycles. The molecule has 0 spiro atoms. The number of methoxy groups -OCH3 is 4. The van der Waals surface area contributed by atoms with Gasteiger partial charge in [0.05, 0.1) is 28.4 Å². The minimum absolute atomic E-state index is 0.577. The Morgan fingerprint density at radius 2 is 1.31 bits per heavy atom. The van der Waals surface area contributed by atoms with Crippen LogP contribution in [0.25, 0.3) is 12.2 Å². The molecule has 1 heterocycles. The van der Waals surface area contributed by atoms with Gasteiger partial charge in [-0.1, -0.05) is 18.2 Å².